The van der Waals surface area contributed by atoms with Gasteiger partial charge in [0.2, 0.25) is 5.75 Å². The summed E-state index contributed by atoms with van der Waals surface area (Å²) in [6.07, 6.45) is 0.627. The molecule has 1 aromatic carbocycles. The largest absolute Gasteiger partial charge is 0.501 e. The van der Waals surface area contributed by atoms with Crippen molar-refractivity contribution in [2.45, 2.75) is 50.3 Å². The van der Waals surface area contributed by atoms with Crippen LogP contribution in [-0.2, 0) is 26.3 Å². The third-order valence-electron chi connectivity index (χ3n) is 7.02. The number of ketones is 1. The summed E-state index contributed by atoms with van der Waals surface area (Å²) in [6, 6.07) is 5.14. The Kier molecular flexibility index (Phi) is 6.46. The van der Waals surface area contributed by atoms with Crippen LogP contribution in [0.2, 0.25) is 0 Å². The summed E-state index contributed by atoms with van der Waals surface area (Å²) in [6.45, 7) is 1.72. The molecule has 3 aliphatic rings. The van der Waals surface area contributed by atoms with Gasteiger partial charge in [0.05, 0.1) is 18.8 Å². The Morgan fingerprint density at radius 1 is 1.31 bits per heavy atom. The second-order valence-corrected chi connectivity index (χ2v) is 8.96. The predicted molar refractivity (Wildman–Crippen MR) is 121 cm³/mol. The molecule has 1 fully saturated rings. The molecular formula is C24H27FN4O6. The van der Waals surface area contributed by atoms with Gasteiger partial charge < -0.3 is 20.1 Å². The van der Waals surface area contributed by atoms with Crippen LogP contribution in [0, 0.1) is 5.82 Å². The Balaban J connectivity index is 1.78. The van der Waals surface area contributed by atoms with Crippen LogP contribution < -0.4 is 10.9 Å². The van der Waals surface area contributed by atoms with Crippen LogP contribution in [0.3, 0.4) is 0 Å². The van der Waals surface area contributed by atoms with Gasteiger partial charge in [-0.3, -0.25) is 23.7 Å². The maximum absolute atomic E-state index is 13.3. The first kappa shape index (κ1) is 24.5. The third kappa shape index (κ3) is 4.09. The number of fused-ring (bicyclic) bond motifs is 2. The van der Waals surface area contributed by atoms with Crippen molar-refractivity contribution in [1.82, 2.24) is 19.8 Å². The second-order valence-electron chi connectivity index (χ2n) is 8.96. The smallest absolute Gasteiger partial charge is 0.312 e. The van der Waals surface area contributed by atoms with Crippen molar-refractivity contribution in [3.8, 4) is 5.75 Å². The van der Waals surface area contributed by atoms with E-state index in [9.17, 15) is 28.7 Å². The number of nitrogens with zero attached hydrogens (tertiary/aromatic N) is 3. The van der Waals surface area contributed by atoms with Crippen LogP contribution in [0.5, 0.6) is 5.75 Å². The fourth-order valence-corrected chi connectivity index (χ4v) is 4.82. The first-order valence-electron chi connectivity index (χ1n) is 11.4. The van der Waals surface area contributed by atoms with E-state index in [-0.39, 0.29) is 31.4 Å². The Labute approximate surface area is 200 Å². The first-order chi connectivity index (χ1) is 16.6. The molecule has 3 aliphatic heterocycles. The van der Waals surface area contributed by atoms with Gasteiger partial charge in [-0.15, -0.1) is 0 Å². The average molecular weight is 487 g/mol. The molecule has 3 unspecified atom stereocenters. The highest BCUT2D eigenvalue weighted by Gasteiger charge is 2.52. The summed E-state index contributed by atoms with van der Waals surface area (Å²) in [5.74, 6) is -3.34. The van der Waals surface area contributed by atoms with Gasteiger partial charge in [-0.1, -0.05) is 12.1 Å². The molecule has 4 heterocycles. The highest BCUT2D eigenvalue weighted by molar-refractivity contribution is 6.35. The van der Waals surface area contributed by atoms with E-state index in [0.29, 0.717) is 18.4 Å². The van der Waals surface area contributed by atoms with E-state index in [1.807, 2.05) is 0 Å². The van der Waals surface area contributed by atoms with Crippen molar-refractivity contribution in [2.24, 2.45) is 0 Å². The lowest BCUT2D eigenvalue weighted by Gasteiger charge is -2.42. The van der Waals surface area contributed by atoms with Crippen molar-refractivity contribution in [3.05, 3.63) is 57.5 Å². The SMILES string of the molecule is CNC(=O)C(=O)N(C)C12CCC(OC1)C(C)n1c2nc(C(=O)CCc2ccc(F)cc2)c(O)c1=O. The summed E-state index contributed by atoms with van der Waals surface area (Å²) in [5, 5.41) is 13.0. The molecule has 2 bridgehead atoms. The number of aromatic hydroxyl groups is 1. The van der Waals surface area contributed by atoms with Crippen LogP contribution in [0.25, 0.3) is 0 Å². The molecule has 11 heteroatoms. The van der Waals surface area contributed by atoms with Crippen LogP contribution in [-0.4, -0.2) is 64.0 Å². The highest BCUT2D eigenvalue weighted by Crippen LogP contribution is 2.43. The number of amides is 2. The Bertz CT molecular complexity index is 1230. The van der Waals surface area contributed by atoms with Crippen LogP contribution >= 0.6 is 0 Å². The molecule has 1 saturated heterocycles. The Hall–Kier alpha value is -3.60. The second kappa shape index (κ2) is 9.21. The van der Waals surface area contributed by atoms with E-state index in [2.05, 4.69) is 10.3 Å². The quantitative estimate of drug-likeness (QED) is 0.477. The highest BCUT2D eigenvalue weighted by atomic mass is 19.1. The zero-order chi connectivity index (χ0) is 25.5. The molecular weight excluding hydrogens is 459 g/mol. The number of aromatic nitrogens is 2. The average Bonchev–Trinajstić information content (AvgIpc) is 3.06. The van der Waals surface area contributed by atoms with Crippen molar-refractivity contribution >= 4 is 17.6 Å². The summed E-state index contributed by atoms with van der Waals surface area (Å²) < 4.78 is 20.4. The summed E-state index contributed by atoms with van der Waals surface area (Å²) in [5.41, 5.74) is -1.79. The van der Waals surface area contributed by atoms with Gasteiger partial charge in [0.15, 0.2) is 11.5 Å². The van der Waals surface area contributed by atoms with Gasteiger partial charge in [-0.25, -0.2) is 9.37 Å². The van der Waals surface area contributed by atoms with Gasteiger partial charge in [0, 0.05) is 20.5 Å². The maximum atomic E-state index is 13.3. The van der Waals surface area contributed by atoms with E-state index in [1.165, 1.54) is 35.7 Å². The topological polar surface area (TPSA) is 131 Å². The Morgan fingerprint density at radius 3 is 2.60 bits per heavy atom. The molecule has 0 aliphatic carbocycles. The minimum Gasteiger partial charge on any atom is -0.501 e. The monoisotopic (exact) mass is 486 g/mol. The predicted octanol–water partition coefficient (Wildman–Crippen LogP) is 1.06. The van der Waals surface area contributed by atoms with Gasteiger partial charge in [0.25, 0.3) is 5.56 Å². The normalized spacial score (nSPS) is 22.7. The van der Waals surface area contributed by atoms with Crippen molar-refractivity contribution in [2.75, 3.05) is 20.7 Å². The third-order valence-corrected chi connectivity index (χ3v) is 7.02. The van der Waals surface area contributed by atoms with E-state index >= 15 is 0 Å². The molecule has 2 aromatic rings. The zero-order valence-corrected chi connectivity index (χ0v) is 19.7. The molecule has 186 valence electrons. The number of rotatable bonds is 5. The summed E-state index contributed by atoms with van der Waals surface area (Å²) in [4.78, 5) is 56.9. The number of likely N-dealkylation sites (N-methyl/N-ethyl adjacent to an activating group) is 2. The number of ether oxygens (including phenoxy) is 1. The minimum atomic E-state index is -1.29. The molecule has 2 N–H and O–H groups in total. The van der Waals surface area contributed by atoms with Gasteiger partial charge >= 0.3 is 11.8 Å². The number of Topliss-reactive ketones (excluding diaryl/α,β-unsaturated/α-hetero) is 1. The van der Waals surface area contributed by atoms with E-state index in [4.69, 9.17) is 4.74 Å². The lowest BCUT2D eigenvalue weighted by Crippen LogP contribution is -2.56. The molecule has 0 radical (unpaired) electrons. The van der Waals surface area contributed by atoms with Crippen LogP contribution in [0.4, 0.5) is 4.39 Å². The zero-order valence-electron chi connectivity index (χ0n) is 19.7. The van der Waals surface area contributed by atoms with E-state index in [1.54, 1.807) is 19.1 Å². The number of hydrogen-bond acceptors (Lipinski definition) is 7. The summed E-state index contributed by atoms with van der Waals surface area (Å²) in [7, 11) is 2.76. The number of carbonyl (C=O) groups is 3. The molecule has 1 aromatic heterocycles. The van der Waals surface area contributed by atoms with E-state index in [0.717, 1.165) is 0 Å². The first-order valence-corrected chi connectivity index (χ1v) is 11.4. The van der Waals surface area contributed by atoms with Crippen LogP contribution in [0.1, 0.15) is 54.1 Å². The number of halogens is 1. The van der Waals surface area contributed by atoms with Gasteiger partial charge in [-0.2, -0.15) is 0 Å². The summed E-state index contributed by atoms with van der Waals surface area (Å²) >= 11 is 0. The fourth-order valence-electron chi connectivity index (χ4n) is 4.82. The molecule has 0 spiro atoms. The molecule has 5 rings (SSSR count). The number of benzene rings is 1. The number of hydrogen-bond donors (Lipinski definition) is 2. The maximum Gasteiger partial charge on any atom is 0.312 e. The Morgan fingerprint density at radius 2 is 2.00 bits per heavy atom. The fraction of sp³-hybridized carbons (Fsp3) is 0.458. The lowest BCUT2D eigenvalue weighted by molar-refractivity contribution is -0.155. The number of nitrogens with one attached hydrogen (secondary N) is 1. The standard InChI is InChI=1S/C24H27FN4O6/c1-13-17-10-11-24(12-35-17,28(3)22(34)20(32)26-2)23-27-18(19(31)21(33)29(13)23)16(30)9-6-14-4-7-15(25)8-5-14/h4-5,7-8,13,17,31H,6,9-12H2,1-3H3,(H,26,32). The molecule has 35 heavy (non-hydrogen) atoms. The van der Waals surface area contributed by atoms with Crippen LogP contribution in [0.15, 0.2) is 29.1 Å². The van der Waals surface area contributed by atoms with Crippen molar-refractivity contribution < 1.29 is 28.6 Å². The van der Waals surface area contributed by atoms with Gasteiger partial charge in [0.1, 0.15) is 17.2 Å². The van der Waals surface area contributed by atoms with Gasteiger partial charge in [-0.05, 0) is 43.9 Å². The number of aryl methyl sites for hydroxylation is 1. The lowest BCUT2D eigenvalue weighted by atomic mass is 9.88. The molecule has 2 amide bonds. The minimum absolute atomic E-state index is 0.0261. The van der Waals surface area contributed by atoms with Crippen molar-refractivity contribution in [1.29, 1.82) is 0 Å². The molecule has 0 saturated carbocycles. The molecule has 10 nitrogen and oxygen atoms in total. The van der Waals surface area contributed by atoms with Crippen molar-refractivity contribution in [3.63, 3.8) is 0 Å². The molecule has 3 atom stereocenters. The number of carbonyl (C=O) groups excluding carboxylic acids is 3. The van der Waals surface area contributed by atoms with E-state index < -0.39 is 52.0 Å².